The lowest BCUT2D eigenvalue weighted by atomic mass is 9.98. The van der Waals surface area contributed by atoms with Crippen LogP contribution in [0.25, 0.3) is 10.9 Å². The second-order valence-corrected chi connectivity index (χ2v) is 12.1. The lowest BCUT2D eigenvalue weighted by Gasteiger charge is -2.40. The molecule has 46 heavy (non-hydrogen) atoms. The molecule has 1 aromatic heterocycles. The number of fused-ring (bicyclic) bond motifs is 4. The number of halogens is 3. The number of likely N-dealkylation sites (tertiary alicyclic amines) is 1. The van der Waals surface area contributed by atoms with Crippen molar-refractivity contribution in [2.45, 2.75) is 57.2 Å². The number of alkyl halides is 3. The molecule has 238 valence electrons. The number of benzene rings is 3. The van der Waals surface area contributed by atoms with E-state index < -0.39 is 17.8 Å². The third-order valence-electron chi connectivity index (χ3n) is 9.22. The molecule has 0 spiro atoms. The van der Waals surface area contributed by atoms with Crippen LogP contribution < -0.4 is 10.6 Å². The molecule has 4 heterocycles. The van der Waals surface area contributed by atoms with E-state index in [1.54, 1.807) is 16.0 Å². The molecule has 1 saturated heterocycles. The highest BCUT2D eigenvalue weighted by Crippen LogP contribution is 2.32. The van der Waals surface area contributed by atoms with E-state index in [0.717, 1.165) is 45.4 Å². The molecule has 0 bridgehead atoms. The molecule has 0 radical (unpaired) electrons. The van der Waals surface area contributed by atoms with Gasteiger partial charge in [-0.3, -0.25) is 9.89 Å². The van der Waals surface area contributed by atoms with E-state index in [2.05, 4.69) is 20.8 Å². The number of aromatic nitrogens is 2. The highest BCUT2D eigenvalue weighted by molar-refractivity contribution is 5.93. The third kappa shape index (κ3) is 5.72. The van der Waals surface area contributed by atoms with E-state index in [1.807, 2.05) is 41.3 Å². The Morgan fingerprint density at radius 2 is 1.72 bits per heavy atom. The van der Waals surface area contributed by atoms with Crippen LogP contribution in [0.5, 0.6) is 0 Å². The number of aromatic amines is 1. The Morgan fingerprint density at radius 3 is 2.48 bits per heavy atom. The van der Waals surface area contributed by atoms with E-state index in [9.17, 15) is 27.6 Å². The van der Waals surface area contributed by atoms with E-state index in [4.69, 9.17) is 0 Å². The van der Waals surface area contributed by atoms with Crippen LogP contribution in [0, 0.1) is 0 Å². The number of para-hydroxylation sites is 1. The van der Waals surface area contributed by atoms with Crippen LogP contribution in [0.4, 0.5) is 28.4 Å². The zero-order chi connectivity index (χ0) is 32.0. The summed E-state index contributed by atoms with van der Waals surface area (Å²) in [6, 6.07) is 14.8. The summed E-state index contributed by atoms with van der Waals surface area (Å²) in [5.74, 6) is -0.320. The second-order valence-electron chi connectivity index (χ2n) is 12.1. The number of rotatable bonds is 4. The Kier molecular flexibility index (Phi) is 7.53. The van der Waals surface area contributed by atoms with Crippen molar-refractivity contribution in [1.82, 2.24) is 30.2 Å². The number of nitrogens with one attached hydrogen (secondary N) is 3. The molecule has 1 atom stereocenters. The monoisotopic (exact) mass is 631 g/mol. The van der Waals surface area contributed by atoms with Gasteiger partial charge in [0.2, 0.25) is 5.91 Å². The molecule has 3 aliphatic heterocycles. The van der Waals surface area contributed by atoms with Crippen LogP contribution in [0.3, 0.4) is 0 Å². The van der Waals surface area contributed by atoms with Crippen molar-refractivity contribution in [3.05, 3.63) is 94.7 Å². The minimum absolute atomic E-state index is 0.0274. The number of anilines is 1. The largest absolute Gasteiger partial charge is 0.416 e. The lowest BCUT2D eigenvalue weighted by molar-refractivity contribution is -0.137. The number of carbonyl (C=O) groups excluding carboxylic acids is 3. The van der Waals surface area contributed by atoms with Crippen LogP contribution in [-0.2, 0) is 37.0 Å². The van der Waals surface area contributed by atoms with Crippen molar-refractivity contribution in [1.29, 1.82) is 0 Å². The van der Waals surface area contributed by atoms with Gasteiger partial charge in [0.05, 0.1) is 17.3 Å². The Hall–Kier alpha value is -5.07. The average molecular weight is 632 g/mol. The zero-order valence-electron chi connectivity index (χ0n) is 24.8. The predicted octanol–water partition coefficient (Wildman–Crippen LogP) is 5.26. The van der Waals surface area contributed by atoms with E-state index in [1.165, 1.54) is 12.1 Å². The fourth-order valence-electron chi connectivity index (χ4n) is 6.70. The molecule has 0 saturated carbocycles. The van der Waals surface area contributed by atoms with Crippen LogP contribution in [0.15, 0.2) is 66.9 Å². The van der Waals surface area contributed by atoms with Crippen LogP contribution in [-0.4, -0.2) is 68.0 Å². The summed E-state index contributed by atoms with van der Waals surface area (Å²) in [6.45, 7) is 1.64. The number of urea groups is 2. The number of hydrogen-bond donors (Lipinski definition) is 3. The topological polar surface area (TPSA) is 114 Å². The number of piperidine rings is 1. The quantitative estimate of drug-likeness (QED) is 0.285. The summed E-state index contributed by atoms with van der Waals surface area (Å²) >= 11 is 0. The van der Waals surface area contributed by atoms with Crippen LogP contribution in [0.1, 0.15) is 40.7 Å². The first kappa shape index (κ1) is 29.6. The minimum Gasteiger partial charge on any atom is -0.332 e. The van der Waals surface area contributed by atoms with Gasteiger partial charge in [-0.2, -0.15) is 18.3 Å². The standard InChI is InChI=1S/C33H32F3N7O3/c34-33(35,36)23-8-5-20(6-9-23)17-42-19-26-21(7-10-28-25(26)16-37-40-28)15-29(30(42)44)39-31(45)41-13-11-24(12-14-41)43-18-22-3-1-2-4-27(22)38-32(43)46/h1-10,16,24,29H,11-15,17-19H2,(H,37,40)(H,38,46)(H,39,45)/t29-/m1/s1. The molecule has 0 unspecified atom stereocenters. The summed E-state index contributed by atoms with van der Waals surface area (Å²) in [5, 5.41) is 13.8. The molecule has 0 aliphatic carbocycles. The maximum Gasteiger partial charge on any atom is 0.416 e. The van der Waals surface area contributed by atoms with Gasteiger partial charge < -0.3 is 25.3 Å². The number of nitrogens with zero attached hydrogens (tertiary/aromatic N) is 4. The number of hydrogen-bond acceptors (Lipinski definition) is 4. The van der Waals surface area contributed by atoms with Crippen molar-refractivity contribution in [2.75, 3.05) is 18.4 Å². The van der Waals surface area contributed by atoms with Gasteiger partial charge in [-0.15, -0.1) is 0 Å². The van der Waals surface area contributed by atoms with Gasteiger partial charge in [0.25, 0.3) is 0 Å². The maximum absolute atomic E-state index is 14.0. The second kappa shape index (κ2) is 11.7. The van der Waals surface area contributed by atoms with Gasteiger partial charge in [0.15, 0.2) is 0 Å². The molecule has 5 amide bonds. The molecule has 13 heteroatoms. The van der Waals surface area contributed by atoms with E-state index in [-0.39, 0.29) is 43.5 Å². The Balaban J connectivity index is 1.06. The Labute approximate surface area is 262 Å². The minimum atomic E-state index is -4.46. The molecule has 3 aromatic carbocycles. The van der Waals surface area contributed by atoms with Gasteiger partial charge in [-0.1, -0.05) is 36.4 Å². The summed E-state index contributed by atoms with van der Waals surface area (Å²) < 4.78 is 39.5. The first-order valence-corrected chi connectivity index (χ1v) is 15.2. The van der Waals surface area contributed by atoms with Gasteiger partial charge in [-0.25, -0.2) is 9.59 Å². The van der Waals surface area contributed by atoms with Gasteiger partial charge in [0.1, 0.15) is 6.04 Å². The number of amides is 5. The van der Waals surface area contributed by atoms with Crippen molar-refractivity contribution in [3.63, 3.8) is 0 Å². The lowest BCUT2D eigenvalue weighted by Crippen LogP contribution is -2.55. The first-order valence-electron chi connectivity index (χ1n) is 15.2. The number of H-pyrrole nitrogens is 1. The average Bonchev–Trinajstić information content (AvgIpc) is 3.49. The van der Waals surface area contributed by atoms with Crippen molar-refractivity contribution >= 4 is 34.6 Å². The molecular weight excluding hydrogens is 599 g/mol. The highest BCUT2D eigenvalue weighted by Gasteiger charge is 2.36. The molecule has 4 aromatic rings. The molecular formula is C33H32F3N7O3. The predicted molar refractivity (Wildman–Crippen MR) is 163 cm³/mol. The van der Waals surface area contributed by atoms with Gasteiger partial charge in [-0.05, 0) is 59.4 Å². The maximum atomic E-state index is 14.0. The smallest absolute Gasteiger partial charge is 0.332 e. The SMILES string of the molecule is O=C(N[C@@H]1Cc2ccc3[nH]ncc3c2CN(Cc2ccc(C(F)(F)F)cc2)C1=O)N1CCC(N2Cc3ccccc3NC2=O)CC1. The summed E-state index contributed by atoms with van der Waals surface area (Å²) in [5.41, 5.74) is 4.21. The third-order valence-corrected chi connectivity index (χ3v) is 9.22. The van der Waals surface area contributed by atoms with Crippen LogP contribution in [0.2, 0.25) is 0 Å². The fraction of sp³-hybridized carbons (Fsp3) is 0.333. The Bertz CT molecular complexity index is 1800. The molecule has 1 fully saturated rings. The van der Waals surface area contributed by atoms with E-state index >= 15 is 0 Å². The first-order chi connectivity index (χ1) is 22.1. The van der Waals surface area contributed by atoms with Crippen molar-refractivity contribution in [2.24, 2.45) is 0 Å². The number of carbonyl (C=O) groups is 3. The summed E-state index contributed by atoms with van der Waals surface area (Å²) in [7, 11) is 0. The molecule has 7 rings (SSSR count). The van der Waals surface area contributed by atoms with Crippen molar-refractivity contribution in [3.8, 4) is 0 Å². The van der Waals surface area contributed by atoms with E-state index in [0.29, 0.717) is 38.0 Å². The molecule has 3 N–H and O–H groups in total. The molecule has 10 nitrogen and oxygen atoms in total. The summed E-state index contributed by atoms with van der Waals surface area (Å²) in [4.78, 5) is 45.4. The summed E-state index contributed by atoms with van der Waals surface area (Å²) in [6.07, 6.45) is -1.31. The highest BCUT2D eigenvalue weighted by atomic mass is 19.4. The Morgan fingerprint density at radius 1 is 0.957 bits per heavy atom. The van der Waals surface area contributed by atoms with Gasteiger partial charge in [0, 0.05) is 56.3 Å². The van der Waals surface area contributed by atoms with Crippen molar-refractivity contribution < 1.29 is 27.6 Å². The molecule has 3 aliphatic rings. The normalized spacial score (nSPS) is 19.0. The fourth-order valence-corrected chi connectivity index (χ4v) is 6.70. The van der Waals surface area contributed by atoms with Gasteiger partial charge >= 0.3 is 18.2 Å². The zero-order valence-corrected chi connectivity index (χ0v) is 24.8. The van der Waals surface area contributed by atoms with Crippen LogP contribution >= 0.6 is 0 Å².